The predicted molar refractivity (Wildman–Crippen MR) is 50.7 cm³/mol. The summed E-state index contributed by atoms with van der Waals surface area (Å²) in [7, 11) is 4.13. The molecule has 0 fully saturated rings. The maximum absolute atomic E-state index is 10.9. The van der Waals surface area contributed by atoms with Gasteiger partial charge >= 0.3 is 0 Å². The summed E-state index contributed by atoms with van der Waals surface area (Å²) in [4.78, 5) is 0.734. The lowest BCUT2D eigenvalue weighted by molar-refractivity contribution is 0.691. The van der Waals surface area contributed by atoms with Gasteiger partial charge in [0.05, 0.1) is 4.90 Å². The van der Waals surface area contributed by atoms with Crippen molar-refractivity contribution in [2.24, 2.45) is 0 Å². The molecule has 0 aromatic heterocycles. The first-order valence-electron chi connectivity index (χ1n) is 3.97. The Morgan fingerprint density at radius 1 is 1.25 bits per heavy atom. The van der Waals surface area contributed by atoms with Gasteiger partial charge in [-0.1, -0.05) is 6.07 Å². The van der Waals surface area contributed by atoms with Crippen LogP contribution in [0.3, 0.4) is 0 Å². The highest BCUT2D eigenvalue weighted by molar-refractivity contribution is 8.08. The molecule has 0 aliphatic heterocycles. The van der Waals surface area contributed by atoms with Crippen LogP contribution in [0.15, 0.2) is 23.1 Å². The van der Waals surface area contributed by atoms with Crippen molar-refractivity contribution in [3.05, 3.63) is 29.3 Å². The third kappa shape index (κ3) is 1.41. The molecule has 0 bridgehead atoms. The molecule has 0 spiro atoms. The topological polar surface area (TPSA) is 17.1 Å². The van der Waals surface area contributed by atoms with Crippen LogP contribution in [-0.4, -0.2) is 4.21 Å². The van der Waals surface area contributed by atoms with E-state index in [1.807, 2.05) is 18.2 Å². The second-order valence-electron chi connectivity index (χ2n) is 3.01. The number of benzene rings is 1. The summed E-state index contributed by atoms with van der Waals surface area (Å²) < 4.78 is 10.9. The fourth-order valence-electron chi connectivity index (χ4n) is 1.65. The number of hydrogen-bond acceptors (Lipinski definition) is 1. The minimum atomic E-state index is -1.35. The number of aryl methyl sites for hydroxylation is 2. The average Bonchev–Trinajstić information content (AvgIpc) is 2.49. The van der Waals surface area contributed by atoms with Crippen LogP contribution in [0.25, 0.3) is 0 Å². The first-order valence-corrected chi connectivity index (χ1v) is 5.95. The first kappa shape index (κ1) is 8.27. The van der Waals surface area contributed by atoms with Crippen LogP contribution in [0.5, 0.6) is 0 Å². The zero-order valence-corrected chi connectivity index (χ0v) is 8.12. The number of halogens is 1. The van der Waals surface area contributed by atoms with Crippen LogP contribution in [0.4, 0.5) is 0 Å². The molecule has 1 unspecified atom stereocenters. The Morgan fingerprint density at radius 3 is 2.75 bits per heavy atom. The molecule has 1 aliphatic rings. The summed E-state index contributed by atoms with van der Waals surface area (Å²) in [5.74, 6) is 0. The SMILES string of the molecule is O=S(Cl)c1ccc2c(c1)CCC2. The van der Waals surface area contributed by atoms with E-state index in [1.54, 1.807) is 0 Å². The number of hydrogen-bond donors (Lipinski definition) is 0. The summed E-state index contributed by atoms with van der Waals surface area (Å²) in [6.45, 7) is 0. The number of fused-ring (bicyclic) bond motifs is 1. The first-order chi connectivity index (χ1) is 5.77. The van der Waals surface area contributed by atoms with Crippen molar-refractivity contribution in [1.29, 1.82) is 0 Å². The Kier molecular flexibility index (Phi) is 2.20. The molecule has 2 rings (SSSR count). The van der Waals surface area contributed by atoms with E-state index in [0.29, 0.717) is 0 Å². The van der Waals surface area contributed by atoms with Crippen molar-refractivity contribution in [3.8, 4) is 0 Å². The molecular weight excluding hydrogens is 192 g/mol. The van der Waals surface area contributed by atoms with Crippen molar-refractivity contribution in [2.45, 2.75) is 24.2 Å². The molecule has 3 heteroatoms. The van der Waals surface area contributed by atoms with Crippen LogP contribution < -0.4 is 0 Å². The molecule has 0 N–H and O–H groups in total. The molecule has 1 aromatic carbocycles. The molecule has 64 valence electrons. The molecular formula is C9H9ClOS. The van der Waals surface area contributed by atoms with Gasteiger partial charge in [0, 0.05) is 0 Å². The fraction of sp³-hybridized carbons (Fsp3) is 0.333. The molecule has 12 heavy (non-hydrogen) atoms. The van der Waals surface area contributed by atoms with E-state index in [0.717, 1.165) is 17.7 Å². The van der Waals surface area contributed by atoms with E-state index in [4.69, 9.17) is 10.7 Å². The molecule has 0 saturated carbocycles. The maximum Gasteiger partial charge on any atom is 0.147 e. The van der Waals surface area contributed by atoms with Crippen LogP contribution in [0.2, 0.25) is 0 Å². The standard InChI is InChI=1S/C9H9ClOS/c10-12(11)9-5-4-7-2-1-3-8(7)6-9/h4-6H,1-3H2. The van der Waals surface area contributed by atoms with Crippen LogP contribution in [0, 0.1) is 0 Å². The zero-order valence-electron chi connectivity index (χ0n) is 6.55. The minimum Gasteiger partial charge on any atom is -0.237 e. The Labute approximate surface area is 78.7 Å². The van der Waals surface area contributed by atoms with Crippen molar-refractivity contribution in [3.63, 3.8) is 0 Å². The lowest BCUT2D eigenvalue weighted by Gasteiger charge is -1.99. The summed E-state index contributed by atoms with van der Waals surface area (Å²) in [5.41, 5.74) is 2.71. The van der Waals surface area contributed by atoms with Gasteiger partial charge in [0.2, 0.25) is 0 Å². The van der Waals surface area contributed by atoms with Gasteiger partial charge in [0.15, 0.2) is 0 Å². The van der Waals surface area contributed by atoms with Gasteiger partial charge in [0.1, 0.15) is 10.0 Å². The fourth-order valence-corrected chi connectivity index (χ4v) is 2.35. The van der Waals surface area contributed by atoms with Crippen LogP contribution >= 0.6 is 10.7 Å². The van der Waals surface area contributed by atoms with Gasteiger partial charge in [-0.15, -0.1) is 0 Å². The molecule has 1 nitrogen and oxygen atoms in total. The van der Waals surface area contributed by atoms with Gasteiger partial charge in [0.25, 0.3) is 0 Å². The van der Waals surface area contributed by atoms with Gasteiger partial charge in [-0.05, 0) is 53.2 Å². The molecule has 0 radical (unpaired) electrons. The van der Waals surface area contributed by atoms with Gasteiger partial charge in [-0.25, -0.2) is 4.21 Å². The normalized spacial score (nSPS) is 17.4. The Bertz CT molecular complexity index is 335. The van der Waals surface area contributed by atoms with Gasteiger partial charge < -0.3 is 0 Å². The highest BCUT2D eigenvalue weighted by Gasteiger charge is 2.11. The monoisotopic (exact) mass is 200 g/mol. The van der Waals surface area contributed by atoms with E-state index in [1.165, 1.54) is 17.5 Å². The predicted octanol–water partition coefficient (Wildman–Crippen LogP) is 2.44. The highest BCUT2D eigenvalue weighted by atomic mass is 35.7. The van der Waals surface area contributed by atoms with Crippen molar-refractivity contribution in [2.75, 3.05) is 0 Å². The summed E-state index contributed by atoms with van der Waals surface area (Å²) in [6.07, 6.45) is 3.48. The lowest BCUT2D eigenvalue weighted by Crippen LogP contribution is -1.86. The second-order valence-corrected chi connectivity index (χ2v) is 4.77. The summed E-state index contributed by atoms with van der Waals surface area (Å²) in [5, 5.41) is 0. The largest absolute Gasteiger partial charge is 0.237 e. The second kappa shape index (κ2) is 3.19. The van der Waals surface area contributed by atoms with E-state index < -0.39 is 10.0 Å². The highest BCUT2D eigenvalue weighted by Crippen LogP contribution is 2.24. The summed E-state index contributed by atoms with van der Waals surface area (Å²) in [6, 6.07) is 5.86. The van der Waals surface area contributed by atoms with Gasteiger partial charge in [-0.2, -0.15) is 0 Å². The molecule has 1 aromatic rings. The molecule has 0 amide bonds. The summed E-state index contributed by atoms with van der Waals surface area (Å²) >= 11 is 0. The zero-order chi connectivity index (χ0) is 8.55. The number of rotatable bonds is 1. The minimum absolute atomic E-state index is 0.734. The average molecular weight is 201 g/mol. The van der Waals surface area contributed by atoms with E-state index in [2.05, 4.69) is 0 Å². The van der Waals surface area contributed by atoms with Crippen molar-refractivity contribution >= 4 is 20.7 Å². The Morgan fingerprint density at radius 2 is 2.00 bits per heavy atom. The van der Waals surface area contributed by atoms with Crippen molar-refractivity contribution in [1.82, 2.24) is 0 Å². The molecule has 1 atom stereocenters. The third-order valence-corrected chi connectivity index (χ3v) is 3.41. The quantitative estimate of drug-likeness (QED) is 0.637. The van der Waals surface area contributed by atoms with Crippen LogP contribution in [-0.2, 0) is 22.9 Å². The lowest BCUT2D eigenvalue weighted by atomic mass is 10.1. The van der Waals surface area contributed by atoms with E-state index in [9.17, 15) is 4.21 Å². The Balaban J connectivity index is 2.45. The third-order valence-electron chi connectivity index (χ3n) is 2.26. The van der Waals surface area contributed by atoms with E-state index >= 15 is 0 Å². The molecule has 1 aliphatic carbocycles. The van der Waals surface area contributed by atoms with Crippen LogP contribution in [0.1, 0.15) is 17.5 Å². The molecule has 0 heterocycles. The van der Waals surface area contributed by atoms with E-state index in [-0.39, 0.29) is 0 Å². The van der Waals surface area contributed by atoms with Gasteiger partial charge in [-0.3, -0.25) is 0 Å². The van der Waals surface area contributed by atoms with Crippen molar-refractivity contribution < 1.29 is 4.21 Å². The molecule has 0 saturated heterocycles. The maximum atomic E-state index is 10.9. The smallest absolute Gasteiger partial charge is 0.147 e. The Hall–Kier alpha value is -0.340.